The van der Waals surface area contributed by atoms with Crippen molar-refractivity contribution in [3.63, 3.8) is 0 Å². The molecule has 0 heterocycles. The topological polar surface area (TPSA) is 32.3 Å². The molecular formula is C17H21NO. The summed E-state index contributed by atoms with van der Waals surface area (Å²) in [5.41, 5.74) is 3.71. The number of likely N-dealkylation sites (N-methyl/N-ethyl adjacent to an activating group) is 1. The lowest BCUT2D eigenvalue weighted by Crippen LogP contribution is -2.22. The summed E-state index contributed by atoms with van der Waals surface area (Å²) in [6, 6.07) is 16.4. The largest absolute Gasteiger partial charge is 0.508 e. The molecule has 0 aliphatic carbocycles. The van der Waals surface area contributed by atoms with Gasteiger partial charge in [0.1, 0.15) is 5.75 Å². The molecule has 0 amide bonds. The summed E-state index contributed by atoms with van der Waals surface area (Å²) in [6.45, 7) is 5.14. The fraction of sp³-hybridized carbons (Fsp3) is 0.294. The van der Waals surface area contributed by atoms with E-state index in [1.165, 1.54) is 11.1 Å². The summed E-state index contributed by atoms with van der Waals surface area (Å²) in [4.78, 5) is 0. The Labute approximate surface area is 115 Å². The molecule has 1 unspecified atom stereocenters. The van der Waals surface area contributed by atoms with E-state index in [0.29, 0.717) is 5.75 Å². The minimum Gasteiger partial charge on any atom is -0.508 e. The Hall–Kier alpha value is -1.80. The lowest BCUT2D eigenvalue weighted by Gasteiger charge is -2.19. The second kappa shape index (κ2) is 6.39. The normalized spacial score (nSPS) is 12.3. The van der Waals surface area contributed by atoms with Crippen LogP contribution < -0.4 is 5.32 Å². The van der Waals surface area contributed by atoms with Crippen LogP contribution in [0.25, 0.3) is 0 Å². The first-order valence-electron chi connectivity index (χ1n) is 6.77. The maximum Gasteiger partial charge on any atom is 0.115 e. The zero-order chi connectivity index (χ0) is 13.7. The number of aryl methyl sites for hydroxylation is 1. The summed E-state index contributed by atoms with van der Waals surface area (Å²) in [5.74, 6) is 0.330. The molecule has 1 atom stereocenters. The fourth-order valence-corrected chi connectivity index (χ4v) is 2.27. The molecule has 0 radical (unpaired) electrons. The Morgan fingerprint density at radius 2 is 1.84 bits per heavy atom. The first-order chi connectivity index (χ1) is 9.19. The first kappa shape index (κ1) is 13.6. The molecular weight excluding hydrogens is 234 g/mol. The van der Waals surface area contributed by atoms with E-state index in [1.807, 2.05) is 12.1 Å². The molecule has 0 aromatic heterocycles. The van der Waals surface area contributed by atoms with E-state index in [9.17, 15) is 5.11 Å². The first-order valence-corrected chi connectivity index (χ1v) is 6.77. The van der Waals surface area contributed by atoms with Crippen molar-refractivity contribution in [2.75, 3.05) is 6.54 Å². The molecule has 0 saturated carbocycles. The molecule has 2 nitrogen and oxygen atoms in total. The number of nitrogens with one attached hydrogen (secondary N) is 1. The number of benzene rings is 2. The van der Waals surface area contributed by atoms with Gasteiger partial charge in [-0.05, 0) is 43.1 Å². The Balaban J connectivity index is 2.18. The quantitative estimate of drug-likeness (QED) is 0.855. The van der Waals surface area contributed by atoms with Gasteiger partial charge in [0, 0.05) is 6.04 Å². The number of rotatable bonds is 5. The van der Waals surface area contributed by atoms with Crippen LogP contribution in [0, 0.1) is 6.92 Å². The number of phenols is 1. The molecule has 0 bridgehead atoms. The van der Waals surface area contributed by atoms with Crippen LogP contribution in [-0.4, -0.2) is 11.7 Å². The van der Waals surface area contributed by atoms with Crippen molar-refractivity contribution >= 4 is 0 Å². The third-order valence-corrected chi connectivity index (χ3v) is 3.28. The van der Waals surface area contributed by atoms with Gasteiger partial charge in [0.25, 0.3) is 0 Å². The van der Waals surface area contributed by atoms with Gasteiger partial charge in [0.05, 0.1) is 0 Å². The molecule has 100 valence electrons. The van der Waals surface area contributed by atoms with Gasteiger partial charge < -0.3 is 10.4 Å². The molecule has 0 aliphatic rings. The van der Waals surface area contributed by atoms with Crippen LogP contribution in [0.15, 0.2) is 48.5 Å². The Kier molecular flexibility index (Phi) is 4.58. The van der Waals surface area contributed by atoms with E-state index in [1.54, 1.807) is 6.07 Å². The van der Waals surface area contributed by atoms with Gasteiger partial charge in [-0.3, -0.25) is 0 Å². The smallest absolute Gasteiger partial charge is 0.115 e. The van der Waals surface area contributed by atoms with Crippen molar-refractivity contribution in [1.29, 1.82) is 0 Å². The van der Waals surface area contributed by atoms with E-state index >= 15 is 0 Å². The van der Waals surface area contributed by atoms with Gasteiger partial charge >= 0.3 is 0 Å². The van der Waals surface area contributed by atoms with E-state index in [0.717, 1.165) is 18.5 Å². The number of hydrogen-bond acceptors (Lipinski definition) is 2. The molecule has 2 N–H and O–H groups in total. The van der Waals surface area contributed by atoms with Crippen LogP contribution >= 0.6 is 0 Å². The van der Waals surface area contributed by atoms with Gasteiger partial charge in [-0.15, -0.1) is 0 Å². The second-order valence-corrected chi connectivity index (χ2v) is 4.89. The SMILES string of the molecule is CCNC(Cc1cccc(O)c1)c1ccc(C)cc1. The highest BCUT2D eigenvalue weighted by Gasteiger charge is 2.11. The molecule has 2 heteroatoms. The third kappa shape index (κ3) is 3.83. The average molecular weight is 255 g/mol. The lowest BCUT2D eigenvalue weighted by atomic mass is 9.98. The van der Waals surface area contributed by atoms with E-state index in [4.69, 9.17) is 0 Å². The van der Waals surface area contributed by atoms with Crippen molar-refractivity contribution in [3.8, 4) is 5.75 Å². The second-order valence-electron chi connectivity index (χ2n) is 4.89. The molecule has 0 spiro atoms. The number of aromatic hydroxyl groups is 1. The summed E-state index contributed by atoms with van der Waals surface area (Å²) in [5, 5.41) is 13.0. The van der Waals surface area contributed by atoms with Crippen LogP contribution in [0.3, 0.4) is 0 Å². The molecule has 0 aliphatic heterocycles. The Morgan fingerprint density at radius 1 is 1.11 bits per heavy atom. The highest BCUT2D eigenvalue weighted by molar-refractivity contribution is 5.30. The van der Waals surface area contributed by atoms with Crippen molar-refractivity contribution in [2.45, 2.75) is 26.3 Å². The molecule has 2 rings (SSSR count). The zero-order valence-corrected chi connectivity index (χ0v) is 11.6. The summed E-state index contributed by atoms with van der Waals surface area (Å²) >= 11 is 0. The van der Waals surface area contributed by atoms with Crippen molar-refractivity contribution < 1.29 is 5.11 Å². The Morgan fingerprint density at radius 3 is 2.47 bits per heavy atom. The van der Waals surface area contributed by atoms with Crippen LogP contribution in [-0.2, 0) is 6.42 Å². The molecule has 2 aromatic rings. The standard InChI is InChI=1S/C17H21NO/c1-3-18-17(15-9-7-13(2)8-10-15)12-14-5-4-6-16(19)11-14/h4-11,17-19H,3,12H2,1-2H3. The summed E-state index contributed by atoms with van der Waals surface area (Å²) in [7, 11) is 0. The predicted octanol–water partition coefficient (Wildman–Crippen LogP) is 3.59. The average Bonchev–Trinajstić information content (AvgIpc) is 2.39. The van der Waals surface area contributed by atoms with Gasteiger partial charge in [-0.2, -0.15) is 0 Å². The summed E-state index contributed by atoms with van der Waals surface area (Å²) < 4.78 is 0. The highest BCUT2D eigenvalue weighted by atomic mass is 16.3. The minimum absolute atomic E-state index is 0.285. The van der Waals surface area contributed by atoms with Crippen LogP contribution in [0.1, 0.15) is 29.7 Å². The van der Waals surface area contributed by atoms with Gasteiger partial charge in [0.2, 0.25) is 0 Å². The van der Waals surface area contributed by atoms with Crippen LogP contribution in [0.2, 0.25) is 0 Å². The Bertz CT molecular complexity index is 519. The molecule has 0 saturated heterocycles. The van der Waals surface area contributed by atoms with Crippen molar-refractivity contribution in [1.82, 2.24) is 5.32 Å². The third-order valence-electron chi connectivity index (χ3n) is 3.28. The van der Waals surface area contributed by atoms with E-state index < -0.39 is 0 Å². The predicted molar refractivity (Wildman–Crippen MR) is 79.4 cm³/mol. The summed E-state index contributed by atoms with van der Waals surface area (Å²) in [6.07, 6.45) is 0.880. The van der Waals surface area contributed by atoms with Crippen molar-refractivity contribution in [3.05, 3.63) is 65.2 Å². The van der Waals surface area contributed by atoms with E-state index in [-0.39, 0.29) is 6.04 Å². The maximum absolute atomic E-state index is 9.54. The highest BCUT2D eigenvalue weighted by Crippen LogP contribution is 2.21. The fourth-order valence-electron chi connectivity index (χ4n) is 2.27. The molecule has 2 aromatic carbocycles. The van der Waals surface area contributed by atoms with Gasteiger partial charge in [0.15, 0.2) is 0 Å². The van der Waals surface area contributed by atoms with Crippen molar-refractivity contribution in [2.24, 2.45) is 0 Å². The van der Waals surface area contributed by atoms with E-state index in [2.05, 4.69) is 49.5 Å². The monoisotopic (exact) mass is 255 g/mol. The number of hydrogen-bond donors (Lipinski definition) is 2. The van der Waals surface area contributed by atoms with Gasteiger partial charge in [-0.25, -0.2) is 0 Å². The van der Waals surface area contributed by atoms with Gasteiger partial charge in [-0.1, -0.05) is 48.9 Å². The van der Waals surface area contributed by atoms with Crippen LogP contribution in [0.4, 0.5) is 0 Å². The lowest BCUT2D eigenvalue weighted by molar-refractivity contribution is 0.473. The maximum atomic E-state index is 9.54. The molecule has 0 fully saturated rings. The van der Waals surface area contributed by atoms with Crippen LogP contribution in [0.5, 0.6) is 5.75 Å². The molecule has 19 heavy (non-hydrogen) atoms. The zero-order valence-electron chi connectivity index (χ0n) is 11.6. The minimum atomic E-state index is 0.285. The number of phenolic OH excluding ortho intramolecular Hbond substituents is 1.